The third kappa shape index (κ3) is 4.18. The van der Waals surface area contributed by atoms with E-state index in [1.165, 1.54) is 6.07 Å². The van der Waals surface area contributed by atoms with Crippen molar-refractivity contribution in [3.8, 4) is 0 Å². The standard InChI is InChI=1S/C23H29FN2O2/c1-4-21-16(2)14-19(22(27)25(21)3)23(28)26-13-7-8-17(15-26)11-12-18-9-5-6-10-20(18)24/h5-6,9-10,14,17H,4,7-8,11-13,15H2,1-3H3. The smallest absolute Gasteiger partial charge is 0.263 e. The van der Waals surface area contributed by atoms with Gasteiger partial charge in [-0.05, 0) is 68.2 Å². The van der Waals surface area contributed by atoms with E-state index in [4.69, 9.17) is 0 Å². The van der Waals surface area contributed by atoms with Crippen molar-refractivity contribution in [3.63, 3.8) is 0 Å². The molecule has 4 nitrogen and oxygen atoms in total. The zero-order valence-corrected chi connectivity index (χ0v) is 17.0. The lowest BCUT2D eigenvalue weighted by atomic mass is 9.91. The van der Waals surface area contributed by atoms with E-state index < -0.39 is 0 Å². The number of hydrogen-bond donors (Lipinski definition) is 0. The summed E-state index contributed by atoms with van der Waals surface area (Å²) in [6.07, 6.45) is 4.22. The molecule has 0 spiro atoms. The summed E-state index contributed by atoms with van der Waals surface area (Å²) in [4.78, 5) is 27.5. The maximum atomic E-state index is 13.9. The fraction of sp³-hybridized carbons (Fsp3) is 0.478. The van der Waals surface area contributed by atoms with Crippen molar-refractivity contribution in [2.45, 2.75) is 46.0 Å². The van der Waals surface area contributed by atoms with Gasteiger partial charge in [-0.15, -0.1) is 0 Å². The van der Waals surface area contributed by atoms with Crippen LogP contribution in [0.2, 0.25) is 0 Å². The van der Waals surface area contributed by atoms with Crippen molar-refractivity contribution in [1.82, 2.24) is 9.47 Å². The van der Waals surface area contributed by atoms with Crippen LogP contribution in [0.4, 0.5) is 4.39 Å². The third-order valence-corrected chi connectivity index (χ3v) is 5.91. The molecule has 0 radical (unpaired) electrons. The number of hydrogen-bond acceptors (Lipinski definition) is 2. The number of rotatable bonds is 5. The van der Waals surface area contributed by atoms with Crippen molar-refractivity contribution in [3.05, 3.63) is 68.9 Å². The predicted molar refractivity (Wildman–Crippen MR) is 109 cm³/mol. The van der Waals surface area contributed by atoms with Crippen LogP contribution in [0, 0.1) is 18.7 Å². The summed E-state index contributed by atoms with van der Waals surface area (Å²) in [6.45, 7) is 5.26. The number of likely N-dealkylation sites (tertiary alicyclic amines) is 1. The van der Waals surface area contributed by atoms with Crippen LogP contribution in [-0.4, -0.2) is 28.5 Å². The fourth-order valence-electron chi connectivity index (χ4n) is 4.31. The number of amides is 1. The second-order valence-corrected chi connectivity index (χ2v) is 7.79. The maximum absolute atomic E-state index is 13.9. The lowest BCUT2D eigenvalue weighted by Crippen LogP contribution is -2.43. The van der Waals surface area contributed by atoms with E-state index in [1.54, 1.807) is 28.6 Å². The number of carbonyl (C=O) groups is 1. The third-order valence-electron chi connectivity index (χ3n) is 5.91. The van der Waals surface area contributed by atoms with Crippen molar-refractivity contribution in [1.29, 1.82) is 0 Å². The molecule has 1 saturated heterocycles. The number of carbonyl (C=O) groups excluding carboxylic acids is 1. The summed E-state index contributed by atoms with van der Waals surface area (Å²) in [6, 6.07) is 8.61. The molecule has 28 heavy (non-hydrogen) atoms. The van der Waals surface area contributed by atoms with Gasteiger partial charge in [0.2, 0.25) is 0 Å². The first kappa shape index (κ1) is 20.3. The Morgan fingerprint density at radius 1 is 1.29 bits per heavy atom. The molecule has 1 aliphatic heterocycles. The average Bonchev–Trinajstić information content (AvgIpc) is 2.70. The lowest BCUT2D eigenvalue weighted by Gasteiger charge is -2.33. The van der Waals surface area contributed by atoms with Crippen LogP contribution < -0.4 is 5.56 Å². The van der Waals surface area contributed by atoms with Gasteiger partial charge < -0.3 is 9.47 Å². The lowest BCUT2D eigenvalue weighted by molar-refractivity contribution is 0.0665. The number of aromatic nitrogens is 1. The van der Waals surface area contributed by atoms with Gasteiger partial charge in [-0.25, -0.2) is 4.39 Å². The highest BCUT2D eigenvalue weighted by atomic mass is 19.1. The number of pyridine rings is 1. The molecule has 1 fully saturated rings. The van der Waals surface area contributed by atoms with E-state index in [9.17, 15) is 14.0 Å². The van der Waals surface area contributed by atoms with Crippen LogP contribution in [0.5, 0.6) is 0 Å². The fourth-order valence-corrected chi connectivity index (χ4v) is 4.31. The summed E-state index contributed by atoms with van der Waals surface area (Å²) in [5.41, 5.74) is 2.70. The van der Waals surface area contributed by atoms with Gasteiger partial charge in [0.1, 0.15) is 11.4 Å². The van der Waals surface area contributed by atoms with Gasteiger partial charge in [-0.3, -0.25) is 9.59 Å². The zero-order chi connectivity index (χ0) is 20.3. The van der Waals surface area contributed by atoms with Crippen LogP contribution in [0.1, 0.15) is 53.4 Å². The molecule has 1 aliphatic rings. The minimum Gasteiger partial charge on any atom is -0.338 e. The molecule has 0 saturated carbocycles. The minimum atomic E-state index is -0.221. The van der Waals surface area contributed by atoms with Gasteiger partial charge >= 0.3 is 0 Å². The van der Waals surface area contributed by atoms with Crippen LogP contribution in [0.15, 0.2) is 35.1 Å². The van der Waals surface area contributed by atoms with Gasteiger partial charge in [-0.2, -0.15) is 0 Å². The van der Waals surface area contributed by atoms with Gasteiger partial charge in [-0.1, -0.05) is 25.1 Å². The molecule has 5 heteroatoms. The molecule has 0 bridgehead atoms. The Balaban J connectivity index is 1.71. The quantitative estimate of drug-likeness (QED) is 0.785. The molecule has 1 unspecified atom stereocenters. The molecule has 0 N–H and O–H groups in total. The van der Waals surface area contributed by atoms with Crippen LogP contribution >= 0.6 is 0 Å². The minimum absolute atomic E-state index is 0.166. The second kappa shape index (κ2) is 8.72. The normalized spacial score (nSPS) is 17.0. The van der Waals surface area contributed by atoms with E-state index in [-0.39, 0.29) is 22.8 Å². The molecule has 2 aromatic rings. The Kier molecular flexibility index (Phi) is 6.32. The van der Waals surface area contributed by atoms with Gasteiger partial charge in [0.25, 0.3) is 11.5 Å². The molecule has 1 atom stereocenters. The molecule has 1 aromatic heterocycles. The van der Waals surface area contributed by atoms with E-state index in [0.29, 0.717) is 25.4 Å². The average molecular weight is 384 g/mol. The monoisotopic (exact) mass is 384 g/mol. The topological polar surface area (TPSA) is 42.3 Å². The highest BCUT2D eigenvalue weighted by Gasteiger charge is 2.27. The second-order valence-electron chi connectivity index (χ2n) is 7.79. The van der Waals surface area contributed by atoms with Gasteiger partial charge in [0.15, 0.2) is 0 Å². The Hall–Kier alpha value is -2.43. The maximum Gasteiger partial charge on any atom is 0.263 e. The SMILES string of the molecule is CCc1c(C)cc(C(=O)N2CCCC(CCc3ccccc3F)C2)c(=O)n1C. The van der Waals surface area contributed by atoms with Crippen molar-refractivity contribution < 1.29 is 9.18 Å². The summed E-state index contributed by atoms with van der Waals surface area (Å²) < 4.78 is 15.4. The van der Waals surface area contributed by atoms with Crippen LogP contribution in [0.25, 0.3) is 0 Å². The number of halogens is 1. The van der Waals surface area contributed by atoms with E-state index in [1.807, 2.05) is 26.0 Å². The van der Waals surface area contributed by atoms with Gasteiger partial charge in [0.05, 0.1) is 0 Å². The number of nitrogens with zero attached hydrogens (tertiary/aromatic N) is 2. The molecular formula is C23H29FN2O2. The Bertz CT molecular complexity index is 919. The van der Waals surface area contributed by atoms with Crippen LogP contribution in [-0.2, 0) is 19.9 Å². The molecule has 150 valence electrons. The molecule has 1 aromatic carbocycles. The van der Waals surface area contributed by atoms with Crippen LogP contribution in [0.3, 0.4) is 0 Å². The molecule has 2 heterocycles. The Morgan fingerprint density at radius 3 is 2.75 bits per heavy atom. The van der Waals surface area contributed by atoms with Crippen molar-refractivity contribution in [2.75, 3.05) is 13.1 Å². The summed E-state index contributed by atoms with van der Waals surface area (Å²) in [5.74, 6) is -0.0136. The van der Waals surface area contributed by atoms with E-state index in [0.717, 1.165) is 42.5 Å². The molecular weight excluding hydrogens is 355 g/mol. The number of benzene rings is 1. The number of piperidine rings is 1. The molecule has 1 amide bonds. The zero-order valence-electron chi connectivity index (χ0n) is 17.0. The van der Waals surface area contributed by atoms with Gasteiger partial charge in [0, 0.05) is 25.8 Å². The summed E-state index contributed by atoms with van der Waals surface area (Å²) >= 11 is 0. The first-order valence-electron chi connectivity index (χ1n) is 10.1. The first-order chi connectivity index (χ1) is 13.4. The summed E-state index contributed by atoms with van der Waals surface area (Å²) in [7, 11) is 1.73. The van der Waals surface area contributed by atoms with E-state index >= 15 is 0 Å². The molecule has 0 aliphatic carbocycles. The van der Waals surface area contributed by atoms with Crippen molar-refractivity contribution >= 4 is 5.91 Å². The largest absolute Gasteiger partial charge is 0.338 e. The Labute approximate surface area is 166 Å². The van der Waals surface area contributed by atoms with E-state index in [2.05, 4.69) is 0 Å². The van der Waals surface area contributed by atoms with Crippen molar-refractivity contribution in [2.24, 2.45) is 13.0 Å². The first-order valence-corrected chi connectivity index (χ1v) is 10.1. The molecule has 3 rings (SSSR count). The Morgan fingerprint density at radius 2 is 2.04 bits per heavy atom. The predicted octanol–water partition coefficient (Wildman–Crippen LogP) is 3.88. The number of aryl methyl sites for hydroxylation is 2. The highest BCUT2D eigenvalue weighted by Crippen LogP contribution is 2.23. The highest BCUT2D eigenvalue weighted by molar-refractivity contribution is 5.94. The summed E-state index contributed by atoms with van der Waals surface area (Å²) in [5, 5.41) is 0.